The van der Waals surface area contributed by atoms with E-state index in [2.05, 4.69) is 5.32 Å². The Morgan fingerprint density at radius 2 is 1.69 bits per heavy atom. The summed E-state index contributed by atoms with van der Waals surface area (Å²) in [6.07, 6.45) is -1.56. The molecule has 5 rings (SSSR count). The Labute approximate surface area is 165 Å². The maximum atomic E-state index is 12.9. The molecular formula is C22H17NO6. The van der Waals surface area contributed by atoms with Gasteiger partial charge in [0, 0.05) is 6.92 Å². The van der Waals surface area contributed by atoms with Gasteiger partial charge < -0.3 is 19.2 Å². The fourth-order valence-corrected chi connectivity index (χ4v) is 4.18. The van der Waals surface area contributed by atoms with E-state index in [4.69, 9.17) is 13.9 Å². The molecule has 146 valence electrons. The quantitative estimate of drug-likeness (QED) is 0.690. The molecule has 1 saturated heterocycles. The summed E-state index contributed by atoms with van der Waals surface area (Å²) in [5.41, 5.74) is 1.32. The zero-order valence-corrected chi connectivity index (χ0v) is 15.5. The Morgan fingerprint density at radius 3 is 2.45 bits per heavy atom. The number of carbonyl (C=O) groups excluding carboxylic acids is 2. The van der Waals surface area contributed by atoms with Crippen molar-refractivity contribution in [3.8, 4) is 0 Å². The number of nitrogens with one attached hydrogen (secondary N) is 1. The lowest BCUT2D eigenvalue weighted by atomic mass is 9.86. The van der Waals surface area contributed by atoms with E-state index in [0.29, 0.717) is 10.8 Å². The second-order valence-electron chi connectivity index (χ2n) is 7.16. The Bertz CT molecular complexity index is 1200. The average Bonchev–Trinajstić information content (AvgIpc) is 3.25. The highest BCUT2D eigenvalue weighted by atomic mass is 16.6. The van der Waals surface area contributed by atoms with E-state index < -0.39 is 41.9 Å². The molecule has 1 aromatic heterocycles. The first-order chi connectivity index (χ1) is 14.0. The fraction of sp³-hybridized carbons (Fsp3) is 0.227. The number of fused-ring (bicyclic) bond motifs is 6. The van der Waals surface area contributed by atoms with Gasteiger partial charge in [-0.2, -0.15) is 0 Å². The van der Waals surface area contributed by atoms with Gasteiger partial charge in [0.25, 0.3) is 5.91 Å². The van der Waals surface area contributed by atoms with Gasteiger partial charge in [-0.25, -0.2) is 4.79 Å². The molecule has 3 heterocycles. The molecular weight excluding hydrogens is 374 g/mol. The van der Waals surface area contributed by atoms with E-state index in [0.717, 1.165) is 11.1 Å². The lowest BCUT2D eigenvalue weighted by Gasteiger charge is -2.29. The molecule has 1 amide bonds. The first kappa shape index (κ1) is 17.6. The van der Waals surface area contributed by atoms with Gasteiger partial charge >= 0.3 is 11.6 Å². The Kier molecular flexibility index (Phi) is 3.99. The molecule has 0 radical (unpaired) electrons. The average molecular weight is 391 g/mol. The highest BCUT2D eigenvalue weighted by molar-refractivity contribution is 5.95. The van der Waals surface area contributed by atoms with Crippen LogP contribution >= 0.6 is 0 Å². The molecule has 2 aliphatic heterocycles. The molecule has 1 N–H and O–H groups in total. The highest BCUT2D eigenvalue weighted by Crippen LogP contribution is 2.51. The Morgan fingerprint density at radius 1 is 1.00 bits per heavy atom. The normalized spacial score (nSPS) is 24.3. The largest absolute Gasteiger partial charge is 0.457 e. The van der Waals surface area contributed by atoms with E-state index in [9.17, 15) is 14.4 Å². The molecule has 0 saturated carbocycles. The molecule has 29 heavy (non-hydrogen) atoms. The topological polar surface area (TPSA) is 94.8 Å². The second-order valence-corrected chi connectivity index (χ2v) is 7.16. The van der Waals surface area contributed by atoms with Crippen LogP contribution in [-0.4, -0.2) is 24.0 Å². The SMILES string of the molecule is CC(=O)O[C@H]1[C@H](NC(=O)c2cc3ccccc3c(=O)o2)[C@H]2O[C@@H]1c1ccccc12. The smallest absolute Gasteiger partial charge is 0.344 e. The minimum atomic E-state index is -0.663. The van der Waals surface area contributed by atoms with Crippen LogP contribution in [0.4, 0.5) is 0 Å². The van der Waals surface area contributed by atoms with Crippen molar-refractivity contribution in [2.24, 2.45) is 0 Å². The highest BCUT2D eigenvalue weighted by Gasteiger charge is 2.54. The van der Waals surface area contributed by atoms with E-state index in [1.165, 1.54) is 13.0 Å². The third kappa shape index (κ3) is 2.82. The van der Waals surface area contributed by atoms with Crippen molar-refractivity contribution in [1.29, 1.82) is 0 Å². The van der Waals surface area contributed by atoms with E-state index in [1.807, 2.05) is 24.3 Å². The summed E-state index contributed by atoms with van der Waals surface area (Å²) in [6, 6.07) is 15.5. The minimum absolute atomic E-state index is 0.105. The van der Waals surface area contributed by atoms with E-state index in [1.54, 1.807) is 24.3 Å². The number of hydrogen-bond acceptors (Lipinski definition) is 6. The lowest BCUT2D eigenvalue weighted by Crippen LogP contribution is -2.47. The van der Waals surface area contributed by atoms with Crippen molar-refractivity contribution in [2.75, 3.05) is 0 Å². The molecule has 0 unspecified atom stereocenters. The molecule has 2 aromatic carbocycles. The van der Waals surface area contributed by atoms with Crippen LogP contribution < -0.4 is 10.9 Å². The summed E-state index contributed by atoms with van der Waals surface area (Å²) in [5, 5.41) is 3.85. The van der Waals surface area contributed by atoms with Gasteiger partial charge in [-0.05, 0) is 28.6 Å². The Hall–Kier alpha value is -3.45. The van der Waals surface area contributed by atoms with Crippen molar-refractivity contribution < 1.29 is 23.5 Å². The summed E-state index contributed by atoms with van der Waals surface area (Å²) >= 11 is 0. The summed E-state index contributed by atoms with van der Waals surface area (Å²) in [7, 11) is 0. The molecule has 2 aliphatic rings. The van der Waals surface area contributed by atoms with Gasteiger partial charge in [-0.3, -0.25) is 9.59 Å². The third-order valence-corrected chi connectivity index (χ3v) is 5.37. The molecule has 1 fully saturated rings. The minimum Gasteiger partial charge on any atom is -0.457 e. The fourth-order valence-electron chi connectivity index (χ4n) is 4.18. The number of ether oxygens (including phenoxy) is 2. The summed E-state index contributed by atoms with van der Waals surface area (Å²) < 4.78 is 16.7. The molecule has 0 aliphatic carbocycles. The number of hydrogen-bond donors (Lipinski definition) is 1. The van der Waals surface area contributed by atoms with Crippen molar-refractivity contribution in [3.63, 3.8) is 0 Å². The van der Waals surface area contributed by atoms with Crippen molar-refractivity contribution >= 4 is 22.6 Å². The van der Waals surface area contributed by atoms with Gasteiger partial charge in [-0.1, -0.05) is 42.5 Å². The van der Waals surface area contributed by atoms with Gasteiger partial charge in [-0.15, -0.1) is 0 Å². The molecule has 7 heteroatoms. The van der Waals surface area contributed by atoms with E-state index >= 15 is 0 Å². The number of benzene rings is 2. The van der Waals surface area contributed by atoms with Crippen molar-refractivity contribution in [3.05, 3.63) is 81.9 Å². The van der Waals surface area contributed by atoms with Crippen LogP contribution in [0, 0.1) is 0 Å². The van der Waals surface area contributed by atoms with Crippen molar-refractivity contribution in [2.45, 2.75) is 31.3 Å². The lowest BCUT2D eigenvalue weighted by molar-refractivity contribution is -0.149. The van der Waals surface area contributed by atoms with Crippen LogP contribution in [-0.2, 0) is 14.3 Å². The van der Waals surface area contributed by atoms with Crippen molar-refractivity contribution in [1.82, 2.24) is 5.32 Å². The molecule has 2 bridgehead atoms. The first-order valence-electron chi connectivity index (χ1n) is 9.28. The summed E-state index contributed by atoms with van der Waals surface area (Å²) in [4.78, 5) is 36.7. The second kappa shape index (κ2) is 6.56. The predicted molar refractivity (Wildman–Crippen MR) is 102 cm³/mol. The van der Waals surface area contributed by atoms with E-state index in [-0.39, 0.29) is 5.76 Å². The van der Waals surface area contributed by atoms with Crippen LogP contribution in [0.2, 0.25) is 0 Å². The summed E-state index contributed by atoms with van der Waals surface area (Å²) in [6.45, 7) is 1.32. The molecule has 7 nitrogen and oxygen atoms in total. The molecule has 4 atom stereocenters. The van der Waals surface area contributed by atoms with Gasteiger partial charge in [0.1, 0.15) is 12.2 Å². The number of amides is 1. The van der Waals surface area contributed by atoms with Crippen LogP contribution in [0.1, 0.15) is 40.8 Å². The van der Waals surface area contributed by atoms with Crippen LogP contribution in [0.5, 0.6) is 0 Å². The zero-order chi connectivity index (χ0) is 20.1. The molecule has 3 aromatic rings. The third-order valence-electron chi connectivity index (χ3n) is 5.37. The summed E-state index contributed by atoms with van der Waals surface area (Å²) in [5.74, 6) is -1.13. The van der Waals surface area contributed by atoms with Gasteiger partial charge in [0.05, 0.1) is 11.4 Å². The molecule has 0 spiro atoms. The number of esters is 1. The zero-order valence-electron chi connectivity index (χ0n) is 15.5. The van der Waals surface area contributed by atoms with Crippen LogP contribution in [0.3, 0.4) is 0 Å². The van der Waals surface area contributed by atoms with Gasteiger partial charge in [0.2, 0.25) is 0 Å². The Balaban J connectivity index is 1.48. The predicted octanol–water partition coefficient (Wildman–Crippen LogP) is 2.65. The standard InChI is InChI=1S/C22H17NO6/c1-11(24)27-20-17(18-14-8-4-5-9-15(14)19(20)29-18)23-21(25)16-10-12-6-2-3-7-13(12)22(26)28-16/h2-10,17-20H,1H3,(H,23,25)/t17-,18+,19-,20+/m1/s1. The number of carbonyl (C=O) groups is 2. The number of rotatable bonds is 3. The van der Waals surface area contributed by atoms with Crippen LogP contribution in [0.15, 0.2) is 63.8 Å². The maximum Gasteiger partial charge on any atom is 0.344 e. The van der Waals surface area contributed by atoms with Crippen LogP contribution in [0.25, 0.3) is 10.8 Å². The maximum absolute atomic E-state index is 12.9. The van der Waals surface area contributed by atoms with Gasteiger partial charge in [0.15, 0.2) is 11.9 Å². The first-order valence-corrected chi connectivity index (χ1v) is 9.28. The monoisotopic (exact) mass is 391 g/mol.